The highest BCUT2D eigenvalue weighted by molar-refractivity contribution is 5.92. The Kier molecular flexibility index (Phi) is 3.26. The smallest absolute Gasteiger partial charge is 0.339 e. The molecule has 1 heterocycles. The minimum atomic E-state index is -0.529. The first kappa shape index (κ1) is 11.4. The zero-order chi connectivity index (χ0) is 12.3. The number of rotatable bonds is 4. The van der Waals surface area contributed by atoms with Crippen LogP contribution in [0.1, 0.15) is 15.9 Å². The van der Waals surface area contributed by atoms with E-state index in [-0.39, 0.29) is 17.2 Å². The zero-order valence-corrected chi connectivity index (χ0v) is 9.30. The normalized spacial score (nSPS) is 17.1. The number of esters is 1. The summed E-state index contributed by atoms with van der Waals surface area (Å²) in [5, 5.41) is 8.94. The second kappa shape index (κ2) is 4.85. The number of nitrogens with zero attached hydrogens (tertiary/aromatic N) is 1. The number of hydrogen-bond acceptors (Lipinski definition) is 5. The summed E-state index contributed by atoms with van der Waals surface area (Å²) in [4.78, 5) is 11.3. The van der Waals surface area contributed by atoms with Crippen LogP contribution >= 0.6 is 0 Å². The Bertz CT molecular complexity index is 474. The highest BCUT2D eigenvalue weighted by atomic mass is 16.6. The highest BCUT2D eigenvalue weighted by Crippen LogP contribution is 2.19. The van der Waals surface area contributed by atoms with Gasteiger partial charge in [0.15, 0.2) is 0 Å². The standard InChI is InChI=1S/C12H11NO4/c1-15-12(14)11-3-2-9(4-8(11)5-13)16-6-10-7-17-10/h2-4,10H,6-7H2,1H3/t10-/m0/s1. The number of carbonyl (C=O) groups excluding carboxylic acids is 1. The molecule has 0 aromatic heterocycles. The minimum absolute atomic E-state index is 0.154. The van der Waals surface area contributed by atoms with Crippen molar-refractivity contribution >= 4 is 5.97 Å². The lowest BCUT2D eigenvalue weighted by atomic mass is 10.1. The monoisotopic (exact) mass is 233 g/mol. The number of ether oxygens (including phenoxy) is 3. The molecule has 88 valence electrons. The van der Waals surface area contributed by atoms with Crippen LogP contribution < -0.4 is 4.74 Å². The first-order chi connectivity index (χ1) is 8.24. The highest BCUT2D eigenvalue weighted by Gasteiger charge is 2.23. The fourth-order valence-electron chi connectivity index (χ4n) is 1.35. The number of epoxide rings is 1. The first-order valence-corrected chi connectivity index (χ1v) is 5.11. The topological polar surface area (TPSA) is 71.8 Å². The van der Waals surface area contributed by atoms with Crippen LogP contribution in [-0.4, -0.2) is 32.4 Å². The quantitative estimate of drug-likeness (QED) is 0.575. The van der Waals surface area contributed by atoms with E-state index >= 15 is 0 Å². The number of carbonyl (C=O) groups is 1. The van der Waals surface area contributed by atoms with Crippen molar-refractivity contribution in [3.8, 4) is 11.8 Å². The molecular weight excluding hydrogens is 222 g/mol. The van der Waals surface area contributed by atoms with Crippen molar-refractivity contribution in [2.75, 3.05) is 20.3 Å². The molecule has 1 fully saturated rings. The molecule has 1 aliphatic rings. The van der Waals surface area contributed by atoms with E-state index < -0.39 is 5.97 Å². The fourth-order valence-corrected chi connectivity index (χ4v) is 1.35. The maximum atomic E-state index is 11.3. The Morgan fingerprint density at radius 1 is 1.65 bits per heavy atom. The van der Waals surface area contributed by atoms with E-state index in [9.17, 15) is 4.79 Å². The van der Waals surface area contributed by atoms with Crippen molar-refractivity contribution in [2.24, 2.45) is 0 Å². The maximum absolute atomic E-state index is 11.3. The van der Waals surface area contributed by atoms with Crippen LogP contribution in [0.4, 0.5) is 0 Å². The zero-order valence-electron chi connectivity index (χ0n) is 9.30. The molecule has 0 unspecified atom stereocenters. The molecule has 1 saturated heterocycles. The molecule has 5 heteroatoms. The first-order valence-electron chi connectivity index (χ1n) is 5.11. The van der Waals surface area contributed by atoms with Crippen molar-refractivity contribution in [1.82, 2.24) is 0 Å². The lowest BCUT2D eigenvalue weighted by Gasteiger charge is -2.06. The van der Waals surface area contributed by atoms with Crippen LogP contribution in [0.2, 0.25) is 0 Å². The lowest BCUT2D eigenvalue weighted by molar-refractivity contribution is 0.0600. The van der Waals surface area contributed by atoms with Crippen LogP contribution in [0.15, 0.2) is 18.2 Å². The van der Waals surface area contributed by atoms with E-state index in [0.29, 0.717) is 19.0 Å². The van der Waals surface area contributed by atoms with Gasteiger partial charge in [-0.3, -0.25) is 0 Å². The van der Waals surface area contributed by atoms with Gasteiger partial charge >= 0.3 is 5.97 Å². The van der Waals surface area contributed by atoms with E-state index in [2.05, 4.69) is 4.74 Å². The van der Waals surface area contributed by atoms with Gasteiger partial charge in [-0.25, -0.2) is 4.79 Å². The van der Waals surface area contributed by atoms with Crippen molar-refractivity contribution in [2.45, 2.75) is 6.10 Å². The molecule has 0 aliphatic carbocycles. The molecule has 17 heavy (non-hydrogen) atoms. The molecule has 2 rings (SSSR count). The second-order valence-corrected chi connectivity index (χ2v) is 3.58. The van der Waals surface area contributed by atoms with E-state index in [1.807, 2.05) is 6.07 Å². The molecule has 5 nitrogen and oxygen atoms in total. The van der Waals surface area contributed by atoms with Crippen molar-refractivity contribution in [3.63, 3.8) is 0 Å². The number of hydrogen-bond donors (Lipinski definition) is 0. The molecule has 0 amide bonds. The van der Waals surface area contributed by atoms with Gasteiger partial charge in [0.25, 0.3) is 0 Å². The number of methoxy groups -OCH3 is 1. The summed E-state index contributed by atoms with van der Waals surface area (Å²) in [6.07, 6.45) is 0.154. The summed E-state index contributed by atoms with van der Waals surface area (Å²) in [5.74, 6) is 0.0170. The van der Waals surface area contributed by atoms with Crippen LogP contribution in [-0.2, 0) is 9.47 Å². The summed E-state index contributed by atoms with van der Waals surface area (Å²) in [6, 6.07) is 6.62. The second-order valence-electron chi connectivity index (χ2n) is 3.58. The van der Waals surface area contributed by atoms with Crippen molar-refractivity contribution < 1.29 is 19.0 Å². The van der Waals surface area contributed by atoms with Gasteiger partial charge in [0.2, 0.25) is 0 Å². The molecule has 0 radical (unpaired) electrons. The van der Waals surface area contributed by atoms with Gasteiger partial charge in [-0.05, 0) is 18.2 Å². The SMILES string of the molecule is COC(=O)c1ccc(OC[C@H]2CO2)cc1C#N. The third-order valence-corrected chi connectivity index (χ3v) is 2.36. The van der Waals surface area contributed by atoms with Crippen molar-refractivity contribution in [3.05, 3.63) is 29.3 Å². The predicted molar refractivity (Wildman–Crippen MR) is 57.7 cm³/mol. The Balaban J connectivity index is 2.15. The third kappa shape index (κ3) is 2.74. The van der Waals surface area contributed by atoms with Gasteiger partial charge in [0.05, 0.1) is 24.8 Å². The maximum Gasteiger partial charge on any atom is 0.339 e. The molecule has 0 bridgehead atoms. The molecule has 0 spiro atoms. The van der Waals surface area contributed by atoms with E-state index in [1.54, 1.807) is 6.07 Å². The molecule has 1 aliphatic heterocycles. The summed E-state index contributed by atoms with van der Waals surface area (Å²) in [5.41, 5.74) is 0.482. The van der Waals surface area contributed by atoms with E-state index in [1.165, 1.54) is 19.2 Å². The van der Waals surface area contributed by atoms with Crippen LogP contribution in [0.25, 0.3) is 0 Å². The molecule has 1 aromatic carbocycles. The molecule has 1 aromatic rings. The summed E-state index contributed by atoms with van der Waals surface area (Å²) < 4.78 is 15.0. The van der Waals surface area contributed by atoms with Gasteiger partial charge in [-0.15, -0.1) is 0 Å². The third-order valence-electron chi connectivity index (χ3n) is 2.36. The van der Waals surface area contributed by atoms with Gasteiger partial charge in [0, 0.05) is 0 Å². The average molecular weight is 233 g/mol. The Morgan fingerprint density at radius 3 is 3.00 bits per heavy atom. The number of benzene rings is 1. The summed E-state index contributed by atoms with van der Waals surface area (Å²) >= 11 is 0. The van der Waals surface area contributed by atoms with Gasteiger partial charge in [-0.1, -0.05) is 0 Å². The fraction of sp³-hybridized carbons (Fsp3) is 0.333. The summed E-state index contributed by atoms with van der Waals surface area (Å²) in [7, 11) is 1.28. The Hall–Kier alpha value is -2.06. The van der Waals surface area contributed by atoms with Gasteiger partial charge in [0.1, 0.15) is 24.5 Å². The summed E-state index contributed by atoms with van der Waals surface area (Å²) in [6.45, 7) is 1.17. The largest absolute Gasteiger partial charge is 0.491 e. The van der Waals surface area contributed by atoms with Crippen molar-refractivity contribution in [1.29, 1.82) is 5.26 Å². The molecule has 0 N–H and O–H groups in total. The Labute approximate surface area is 98.5 Å². The minimum Gasteiger partial charge on any atom is -0.491 e. The van der Waals surface area contributed by atoms with E-state index in [0.717, 1.165) is 0 Å². The average Bonchev–Trinajstić information content (AvgIpc) is 3.19. The van der Waals surface area contributed by atoms with E-state index in [4.69, 9.17) is 14.7 Å². The van der Waals surface area contributed by atoms with Crippen LogP contribution in [0.3, 0.4) is 0 Å². The molecule has 0 saturated carbocycles. The predicted octanol–water partition coefficient (Wildman–Crippen LogP) is 1.12. The van der Waals surface area contributed by atoms with Gasteiger partial charge in [-0.2, -0.15) is 5.26 Å². The van der Waals surface area contributed by atoms with Crippen LogP contribution in [0.5, 0.6) is 5.75 Å². The van der Waals surface area contributed by atoms with Gasteiger partial charge < -0.3 is 14.2 Å². The number of nitriles is 1. The molecular formula is C12H11NO4. The lowest BCUT2D eigenvalue weighted by Crippen LogP contribution is -2.07. The van der Waals surface area contributed by atoms with Crippen LogP contribution in [0, 0.1) is 11.3 Å². The molecule has 1 atom stereocenters. The Morgan fingerprint density at radius 2 is 2.41 bits per heavy atom.